The molecule has 3 aromatic carbocycles. The van der Waals surface area contributed by atoms with E-state index in [2.05, 4.69) is 0 Å². The molecule has 6 rings (SSSR count). The average Bonchev–Trinajstić information content (AvgIpc) is 3.40. The molecule has 3 aromatic rings. The van der Waals surface area contributed by atoms with Gasteiger partial charge in [0.2, 0.25) is 13.0 Å². The van der Waals surface area contributed by atoms with Gasteiger partial charge in [-0.15, -0.1) is 0 Å². The summed E-state index contributed by atoms with van der Waals surface area (Å²) in [4.78, 5) is 0. The lowest BCUT2D eigenvalue weighted by Crippen LogP contribution is -2.34. The molecule has 0 unspecified atom stereocenters. The van der Waals surface area contributed by atoms with Gasteiger partial charge in [-0.2, -0.15) is 5.10 Å². The van der Waals surface area contributed by atoms with Gasteiger partial charge >= 0.3 is 0 Å². The predicted octanol–water partition coefficient (Wildman–Crippen LogP) is 4.80. The molecule has 0 fully saturated rings. The molecule has 0 radical (unpaired) electrons. The van der Waals surface area contributed by atoms with E-state index in [-0.39, 0.29) is 18.7 Å². The molecule has 0 amide bonds. The minimum atomic E-state index is -0.623. The highest BCUT2D eigenvalue weighted by Crippen LogP contribution is 2.48. The van der Waals surface area contributed by atoms with Crippen LogP contribution in [0.25, 0.3) is 0 Å². The van der Waals surface area contributed by atoms with Crippen LogP contribution in [-0.2, 0) is 0 Å². The number of ether oxygens (including phenoxy) is 3. The summed E-state index contributed by atoms with van der Waals surface area (Å²) in [5.74, 6) is 1.92. The van der Waals surface area contributed by atoms with Crippen molar-refractivity contribution in [1.29, 1.82) is 0 Å². The average molecular weight is 388 g/mol. The van der Waals surface area contributed by atoms with Crippen molar-refractivity contribution in [2.75, 3.05) is 6.79 Å². The van der Waals surface area contributed by atoms with E-state index in [1.54, 1.807) is 12.1 Å². The standard InChI is InChI=1S/C23H17FN2O3/c24-17-7-3-1-5-15(17)23-26-19(16-6-2-4-8-20(16)29-23)12-18(25-26)14-9-10-21-22(11-14)28-13-27-21/h1-11,19,23H,12-13H2/t19-,23+/m0/s1. The maximum absolute atomic E-state index is 14.6. The number of hydrogen-bond acceptors (Lipinski definition) is 5. The molecule has 0 saturated carbocycles. The smallest absolute Gasteiger partial charge is 0.231 e. The molecule has 3 aliphatic rings. The van der Waals surface area contributed by atoms with Gasteiger partial charge in [-0.1, -0.05) is 36.4 Å². The Morgan fingerprint density at radius 3 is 2.55 bits per heavy atom. The van der Waals surface area contributed by atoms with Crippen LogP contribution < -0.4 is 14.2 Å². The van der Waals surface area contributed by atoms with Crippen molar-refractivity contribution >= 4 is 5.71 Å². The number of benzene rings is 3. The Labute approximate surface area is 166 Å². The van der Waals surface area contributed by atoms with E-state index in [4.69, 9.17) is 19.3 Å². The zero-order valence-electron chi connectivity index (χ0n) is 15.4. The molecule has 5 nitrogen and oxygen atoms in total. The normalized spacial score (nSPS) is 21.3. The molecule has 0 N–H and O–H groups in total. The first-order valence-corrected chi connectivity index (χ1v) is 9.54. The molecule has 29 heavy (non-hydrogen) atoms. The van der Waals surface area contributed by atoms with Gasteiger partial charge < -0.3 is 14.2 Å². The molecule has 144 valence electrons. The number of hydrogen-bond donors (Lipinski definition) is 0. The number of halogens is 1. The predicted molar refractivity (Wildman–Crippen MR) is 105 cm³/mol. The molecule has 0 aliphatic carbocycles. The Hall–Kier alpha value is -3.54. The van der Waals surface area contributed by atoms with Gasteiger partial charge in [-0.05, 0) is 30.3 Å². The Morgan fingerprint density at radius 1 is 0.862 bits per heavy atom. The second-order valence-corrected chi connectivity index (χ2v) is 7.24. The van der Waals surface area contributed by atoms with E-state index < -0.39 is 6.23 Å². The van der Waals surface area contributed by atoms with Crippen LogP contribution in [-0.4, -0.2) is 17.5 Å². The summed E-state index contributed by atoms with van der Waals surface area (Å²) in [6.45, 7) is 0.233. The van der Waals surface area contributed by atoms with Crippen molar-refractivity contribution < 1.29 is 18.6 Å². The fourth-order valence-electron chi connectivity index (χ4n) is 4.17. The molecular weight excluding hydrogens is 371 g/mol. The number of nitrogens with zero attached hydrogens (tertiary/aromatic N) is 2. The van der Waals surface area contributed by atoms with Crippen LogP contribution in [0, 0.1) is 5.82 Å². The van der Waals surface area contributed by atoms with Gasteiger partial charge in [-0.3, -0.25) is 0 Å². The third kappa shape index (κ3) is 2.56. The van der Waals surface area contributed by atoms with E-state index in [9.17, 15) is 4.39 Å². The Kier molecular flexibility index (Phi) is 3.53. The fraction of sp³-hybridized carbons (Fsp3) is 0.174. The van der Waals surface area contributed by atoms with Crippen LogP contribution in [0.5, 0.6) is 17.2 Å². The Bertz CT molecular complexity index is 1150. The van der Waals surface area contributed by atoms with E-state index >= 15 is 0 Å². The van der Waals surface area contributed by atoms with Gasteiger partial charge in [0.15, 0.2) is 11.5 Å². The van der Waals surface area contributed by atoms with E-state index in [1.165, 1.54) is 6.07 Å². The lowest BCUT2D eigenvalue weighted by molar-refractivity contribution is -0.0212. The first kappa shape index (κ1) is 16.4. The summed E-state index contributed by atoms with van der Waals surface area (Å²) >= 11 is 0. The van der Waals surface area contributed by atoms with Crippen LogP contribution in [0.1, 0.15) is 35.4 Å². The first-order chi connectivity index (χ1) is 14.3. The maximum atomic E-state index is 14.6. The van der Waals surface area contributed by atoms with Crippen molar-refractivity contribution in [3.8, 4) is 17.2 Å². The van der Waals surface area contributed by atoms with Crippen LogP contribution in [0.4, 0.5) is 4.39 Å². The molecule has 0 aromatic heterocycles. The first-order valence-electron chi connectivity index (χ1n) is 9.54. The molecular formula is C23H17FN2O3. The lowest BCUT2D eigenvalue weighted by Gasteiger charge is -2.38. The highest BCUT2D eigenvalue weighted by molar-refractivity contribution is 6.02. The Morgan fingerprint density at radius 2 is 1.66 bits per heavy atom. The molecule has 0 bridgehead atoms. The fourth-order valence-corrected chi connectivity index (χ4v) is 4.17. The molecule has 0 saturated heterocycles. The molecule has 0 spiro atoms. The second-order valence-electron chi connectivity index (χ2n) is 7.24. The quantitative estimate of drug-likeness (QED) is 0.633. The summed E-state index contributed by atoms with van der Waals surface area (Å²) in [5, 5.41) is 6.74. The lowest BCUT2D eigenvalue weighted by atomic mass is 9.95. The monoisotopic (exact) mass is 388 g/mol. The maximum Gasteiger partial charge on any atom is 0.231 e. The van der Waals surface area contributed by atoms with Crippen LogP contribution in [0.15, 0.2) is 71.8 Å². The van der Waals surface area contributed by atoms with Crippen molar-refractivity contribution in [3.63, 3.8) is 0 Å². The van der Waals surface area contributed by atoms with E-state index in [0.717, 1.165) is 34.1 Å². The SMILES string of the molecule is Fc1ccccc1[C@H]1Oc2ccccc2[C@@H]2CC(c3ccc4c(c3)OCO4)=NN12. The van der Waals surface area contributed by atoms with Gasteiger partial charge in [0, 0.05) is 17.5 Å². The van der Waals surface area contributed by atoms with Crippen molar-refractivity contribution in [2.45, 2.75) is 18.7 Å². The molecule has 2 atom stereocenters. The van der Waals surface area contributed by atoms with Gasteiger partial charge in [0.1, 0.15) is 11.6 Å². The summed E-state index contributed by atoms with van der Waals surface area (Å²) in [6.07, 6.45) is 0.0768. The topological polar surface area (TPSA) is 43.3 Å². The zero-order valence-corrected chi connectivity index (χ0v) is 15.4. The summed E-state index contributed by atoms with van der Waals surface area (Å²) in [7, 11) is 0. The number of rotatable bonds is 2. The summed E-state index contributed by atoms with van der Waals surface area (Å²) < 4.78 is 31.7. The zero-order chi connectivity index (χ0) is 19.4. The Balaban J connectivity index is 1.45. The third-order valence-corrected chi connectivity index (χ3v) is 5.58. The van der Waals surface area contributed by atoms with Crippen LogP contribution >= 0.6 is 0 Å². The molecule has 3 heterocycles. The van der Waals surface area contributed by atoms with Gasteiger partial charge in [0.05, 0.1) is 17.3 Å². The number of para-hydroxylation sites is 1. The minimum absolute atomic E-state index is 0.0232. The van der Waals surface area contributed by atoms with Crippen LogP contribution in [0.2, 0.25) is 0 Å². The molecule has 6 heteroatoms. The second kappa shape index (κ2) is 6.24. The van der Waals surface area contributed by atoms with Gasteiger partial charge in [-0.25, -0.2) is 9.40 Å². The summed E-state index contributed by atoms with van der Waals surface area (Å²) in [6, 6.07) is 20.4. The van der Waals surface area contributed by atoms with Crippen LogP contribution in [0.3, 0.4) is 0 Å². The highest BCUT2D eigenvalue weighted by Gasteiger charge is 2.41. The highest BCUT2D eigenvalue weighted by atomic mass is 19.1. The van der Waals surface area contributed by atoms with Crippen molar-refractivity contribution in [3.05, 3.63) is 89.2 Å². The van der Waals surface area contributed by atoms with Gasteiger partial charge in [0.25, 0.3) is 0 Å². The van der Waals surface area contributed by atoms with E-state index in [1.807, 2.05) is 53.5 Å². The third-order valence-electron chi connectivity index (χ3n) is 5.58. The number of hydrazone groups is 1. The molecule has 3 aliphatic heterocycles. The minimum Gasteiger partial charge on any atom is -0.464 e. The number of fused-ring (bicyclic) bond motifs is 4. The summed E-state index contributed by atoms with van der Waals surface area (Å²) in [5.41, 5.74) is 3.41. The largest absolute Gasteiger partial charge is 0.464 e. The van der Waals surface area contributed by atoms with Crippen molar-refractivity contribution in [2.24, 2.45) is 5.10 Å². The van der Waals surface area contributed by atoms with Crippen molar-refractivity contribution in [1.82, 2.24) is 5.01 Å². The van der Waals surface area contributed by atoms with E-state index in [0.29, 0.717) is 12.0 Å².